The van der Waals surface area contributed by atoms with Crippen molar-refractivity contribution in [3.05, 3.63) is 65.1 Å². The van der Waals surface area contributed by atoms with Gasteiger partial charge in [0.25, 0.3) is 0 Å². The molecule has 2 rings (SSSR count). The Morgan fingerprint density at radius 1 is 1.00 bits per heavy atom. The van der Waals surface area contributed by atoms with E-state index in [1.807, 2.05) is 54.6 Å². The number of benzene rings is 2. The Morgan fingerprint density at radius 3 is 2.53 bits per heavy atom. The molecule has 0 unspecified atom stereocenters. The first-order valence-electron chi connectivity index (χ1n) is 6.26. The minimum Gasteiger partial charge on any atom is -0.457 e. The number of rotatable bonds is 7. The summed E-state index contributed by atoms with van der Waals surface area (Å²) >= 11 is 0. The fourth-order valence-electron chi connectivity index (χ4n) is 1.83. The maximum absolute atomic E-state index is 9.94. The summed E-state index contributed by atoms with van der Waals surface area (Å²) in [5.41, 5.74) is 3.54. The van der Waals surface area contributed by atoms with E-state index in [2.05, 4.69) is 10.7 Å². The lowest BCUT2D eigenvalue weighted by Gasteiger charge is -2.10. The van der Waals surface area contributed by atoms with Gasteiger partial charge in [0.05, 0.1) is 0 Å². The number of hydrogen-bond acceptors (Lipinski definition) is 3. The minimum atomic E-state index is 0.573. The van der Waals surface area contributed by atoms with Crippen molar-refractivity contribution in [1.29, 1.82) is 0 Å². The van der Waals surface area contributed by atoms with Crippen LogP contribution in [0.4, 0.5) is 0 Å². The normalized spacial score (nSPS) is 9.89. The lowest BCUT2D eigenvalue weighted by atomic mass is 10.1. The second-order valence-corrected chi connectivity index (χ2v) is 4.13. The first-order chi connectivity index (χ1) is 9.40. The van der Waals surface area contributed by atoms with E-state index in [1.54, 1.807) is 0 Å². The van der Waals surface area contributed by atoms with Crippen LogP contribution in [0.25, 0.3) is 0 Å². The van der Waals surface area contributed by atoms with E-state index in [9.17, 15) is 4.91 Å². The van der Waals surface area contributed by atoms with Gasteiger partial charge in [0.1, 0.15) is 11.5 Å². The highest BCUT2D eigenvalue weighted by Crippen LogP contribution is 2.25. The van der Waals surface area contributed by atoms with Crippen LogP contribution in [0.1, 0.15) is 12.0 Å². The van der Waals surface area contributed by atoms with Crippen molar-refractivity contribution in [3.63, 3.8) is 0 Å². The van der Waals surface area contributed by atoms with Crippen molar-refractivity contribution < 1.29 is 4.74 Å². The predicted octanol–water partition coefficient (Wildman–Crippen LogP) is 3.68. The molecule has 4 heteroatoms. The average molecular weight is 256 g/mol. The summed E-state index contributed by atoms with van der Waals surface area (Å²) < 4.78 is 5.86. The van der Waals surface area contributed by atoms with Crippen molar-refractivity contribution in [1.82, 2.24) is 5.43 Å². The van der Waals surface area contributed by atoms with E-state index >= 15 is 0 Å². The van der Waals surface area contributed by atoms with Crippen LogP contribution in [0.15, 0.2) is 59.9 Å². The summed E-state index contributed by atoms with van der Waals surface area (Å²) in [5.74, 6) is 1.68. The number of hydrogen-bond donors (Lipinski definition) is 1. The second kappa shape index (κ2) is 7.16. The molecule has 0 atom stereocenters. The summed E-state index contributed by atoms with van der Waals surface area (Å²) in [7, 11) is 0. The monoisotopic (exact) mass is 256 g/mol. The summed E-state index contributed by atoms with van der Waals surface area (Å²) in [6.45, 7) is 0.573. The Hall–Kier alpha value is -2.36. The van der Waals surface area contributed by atoms with Gasteiger partial charge >= 0.3 is 0 Å². The molecule has 4 nitrogen and oxygen atoms in total. The number of ether oxygens (including phenoxy) is 1. The van der Waals surface area contributed by atoms with Crippen molar-refractivity contribution in [2.24, 2.45) is 5.29 Å². The summed E-state index contributed by atoms with van der Waals surface area (Å²) in [4.78, 5) is 9.94. The van der Waals surface area contributed by atoms with E-state index in [1.165, 1.54) is 0 Å². The van der Waals surface area contributed by atoms with E-state index in [0.29, 0.717) is 6.54 Å². The van der Waals surface area contributed by atoms with Crippen LogP contribution >= 0.6 is 0 Å². The number of nitroso groups, excluding NO2 is 1. The largest absolute Gasteiger partial charge is 0.457 e. The Labute approximate surface area is 112 Å². The standard InChI is InChI=1S/C15H16N2O2/c18-17-16-12-6-8-13-7-4-5-11-15(13)19-14-9-2-1-3-10-14/h1-5,7,9-11H,6,8,12H2,(H,16,18). The maximum Gasteiger partial charge on any atom is 0.130 e. The Bertz CT molecular complexity index is 515. The molecule has 2 aromatic carbocycles. The Morgan fingerprint density at radius 2 is 1.74 bits per heavy atom. The minimum absolute atomic E-state index is 0.573. The number of nitrogens with one attached hydrogen (secondary N) is 1. The molecule has 19 heavy (non-hydrogen) atoms. The molecule has 98 valence electrons. The van der Waals surface area contributed by atoms with Gasteiger partial charge in [-0.3, -0.25) is 5.43 Å². The molecule has 0 aromatic heterocycles. The van der Waals surface area contributed by atoms with Gasteiger partial charge in [0.15, 0.2) is 0 Å². The smallest absolute Gasteiger partial charge is 0.130 e. The summed E-state index contributed by atoms with van der Waals surface area (Å²) in [6, 6.07) is 17.6. The van der Waals surface area contributed by atoms with Gasteiger partial charge in [0.2, 0.25) is 0 Å². The summed E-state index contributed by atoms with van der Waals surface area (Å²) in [6.07, 6.45) is 1.67. The van der Waals surface area contributed by atoms with E-state index in [-0.39, 0.29) is 0 Å². The molecular formula is C15H16N2O2. The maximum atomic E-state index is 9.94. The van der Waals surface area contributed by atoms with Crippen molar-refractivity contribution >= 4 is 0 Å². The Kier molecular flexibility index (Phi) is 4.93. The van der Waals surface area contributed by atoms with Gasteiger partial charge in [-0.1, -0.05) is 36.4 Å². The zero-order valence-electron chi connectivity index (χ0n) is 10.6. The van der Waals surface area contributed by atoms with Crippen molar-refractivity contribution in [2.75, 3.05) is 6.54 Å². The van der Waals surface area contributed by atoms with Gasteiger partial charge in [-0.25, -0.2) is 0 Å². The van der Waals surface area contributed by atoms with E-state index < -0.39 is 0 Å². The third-order valence-electron chi connectivity index (χ3n) is 2.74. The molecule has 0 saturated carbocycles. The fourth-order valence-corrected chi connectivity index (χ4v) is 1.83. The molecule has 0 spiro atoms. The topological polar surface area (TPSA) is 50.7 Å². The highest BCUT2D eigenvalue weighted by atomic mass is 16.5. The number of aryl methyl sites for hydroxylation is 1. The van der Waals surface area contributed by atoms with E-state index in [0.717, 1.165) is 29.9 Å². The second-order valence-electron chi connectivity index (χ2n) is 4.13. The van der Waals surface area contributed by atoms with Crippen LogP contribution in [-0.4, -0.2) is 6.54 Å². The third kappa shape index (κ3) is 4.10. The van der Waals surface area contributed by atoms with Crippen LogP contribution in [0.5, 0.6) is 11.5 Å². The molecule has 0 aliphatic carbocycles. The van der Waals surface area contributed by atoms with Crippen LogP contribution in [-0.2, 0) is 6.42 Å². The highest BCUT2D eigenvalue weighted by Gasteiger charge is 2.03. The fraction of sp³-hybridized carbons (Fsp3) is 0.200. The van der Waals surface area contributed by atoms with Crippen LogP contribution in [0.2, 0.25) is 0 Å². The SMILES string of the molecule is O=NNCCCc1ccccc1Oc1ccccc1. The molecule has 0 heterocycles. The zero-order chi connectivity index (χ0) is 13.3. The average Bonchev–Trinajstić information content (AvgIpc) is 2.46. The lowest BCUT2D eigenvalue weighted by molar-refractivity contribution is 0.474. The van der Waals surface area contributed by atoms with Crippen LogP contribution in [0, 0.1) is 4.91 Å². The molecule has 0 amide bonds. The van der Waals surface area contributed by atoms with Gasteiger partial charge in [0, 0.05) is 11.8 Å². The highest BCUT2D eigenvalue weighted by molar-refractivity contribution is 5.37. The molecule has 0 aliphatic rings. The van der Waals surface area contributed by atoms with Crippen molar-refractivity contribution in [2.45, 2.75) is 12.8 Å². The van der Waals surface area contributed by atoms with Crippen LogP contribution < -0.4 is 10.2 Å². The molecule has 0 radical (unpaired) electrons. The number of para-hydroxylation sites is 2. The molecule has 2 aromatic rings. The lowest BCUT2D eigenvalue weighted by Crippen LogP contribution is -2.07. The molecule has 0 bridgehead atoms. The van der Waals surface area contributed by atoms with Gasteiger partial charge in [-0.05, 0) is 36.6 Å². The zero-order valence-corrected chi connectivity index (χ0v) is 10.6. The van der Waals surface area contributed by atoms with Crippen LogP contribution in [0.3, 0.4) is 0 Å². The van der Waals surface area contributed by atoms with Gasteiger partial charge in [-0.2, -0.15) is 0 Å². The van der Waals surface area contributed by atoms with E-state index in [4.69, 9.17) is 4.74 Å². The quantitative estimate of drug-likeness (QED) is 0.467. The van der Waals surface area contributed by atoms with Gasteiger partial charge < -0.3 is 4.74 Å². The molecular weight excluding hydrogens is 240 g/mol. The van der Waals surface area contributed by atoms with Gasteiger partial charge in [-0.15, -0.1) is 4.91 Å². The molecule has 0 fully saturated rings. The molecule has 0 saturated heterocycles. The van der Waals surface area contributed by atoms with Crippen molar-refractivity contribution in [3.8, 4) is 11.5 Å². The summed E-state index contributed by atoms with van der Waals surface area (Å²) in [5, 5.41) is 2.63. The molecule has 1 N–H and O–H groups in total. The number of nitrogens with zero attached hydrogens (tertiary/aromatic N) is 1. The predicted molar refractivity (Wildman–Crippen MR) is 75.1 cm³/mol. The first kappa shape index (κ1) is 13.1. The Balaban J connectivity index is 2.01. The third-order valence-corrected chi connectivity index (χ3v) is 2.74. The first-order valence-corrected chi connectivity index (χ1v) is 6.26. The molecule has 0 aliphatic heterocycles.